The van der Waals surface area contributed by atoms with Crippen molar-refractivity contribution in [3.63, 3.8) is 0 Å². The standard InChI is InChI=1S/C11H20N2/c1-9-7-13-8-10(2)11(9)5-3-4-6-12/h9-11,13H,3-5,7-8H2,1-2H3. The highest BCUT2D eigenvalue weighted by Gasteiger charge is 2.26. The maximum Gasteiger partial charge on any atom is 0.0621 e. The van der Waals surface area contributed by atoms with E-state index in [2.05, 4.69) is 25.2 Å². The summed E-state index contributed by atoms with van der Waals surface area (Å²) in [6, 6.07) is 2.22. The van der Waals surface area contributed by atoms with Gasteiger partial charge in [-0.25, -0.2) is 0 Å². The van der Waals surface area contributed by atoms with Crippen LogP contribution < -0.4 is 5.32 Å². The van der Waals surface area contributed by atoms with Crippen LogP contribution in [0.3, 0.4) is 0 Å². The van der Waals surface area contributed by atoms with Gasteiger partial charge in [-0.05, 0) is 43.7 Å². The van der Waals surface area contributed by atoms with Crippen LogP contribution in [0.25, 0.3) is 0 Å². The molecule has 2 nitrogen and oxygen atoms in total. The lowest BCUT2D eigenvalue weighted by Gasteiger charge is -2.35. The maximum absolute atomic E-state index is 8.47. The Hall–Kier alpha value is -0.550. The first-order valence-electron chi connectivity index (χ1n) is 5.33. The molecule has 74 valence electrons. The molecule has 0 aromatic heterocycles. The van der Waals surface area contributed by atoms with E-state index < -0.39 is 0 Å². The molecule has 0 aromatic carbocycles. The molecule has 0 aromatic rings. The third-order valence-corrected chi connectivity index (χ3v) is 3.22. The van der Waals surface area contributed by atoms with E-state index in [9.17, 15) is 0 Å². The Bertz CT molecular complexity index is 173. The number of unbranched alkanes of at least 4 members (excludes halogenated alkanes) is 1. The number of hydrogen-bond acceptors (Lipinski definition) is 2. The number of piperidine rings is 1. The third-order valence-electron chi connectivity index (χ3n) is 3.22. The summed E-state index contributed by atoms with van der Waals surface area (Å²) in [5.41, 5.74) is 0. The molecular weight excluding hydrogens is 160 g/mol. The molecule has 1 rings (SSSR count). The molecule has 1 N–H and O–H groups in total. The van der Waals surface area contributed by atoms with Gasteiger partial charge in [0, 0.05) is 6.42 Å². The second-order valence-electron chi connectivity index (χ2n) is 4.33. The summed E-state index contributed by atoms with van der Waals surface area (Å²) in [5.74, 6) is 2.39. The van der Waals surface area contributed by atoms with Crippen molar-refractivity contribution >= 4 is 0 Å². The summed E-state index contributed by atoms with van der Waals surface area (Å²) in [5, 5.41) is 11.9. The quantitative estimate of drug-likeness (QED) is 0.676. The SMILES string of the molecule is CC1CNCC(C)C1CCCC#N. The Labute approximate surface area is 81.3 Å². The van der Waals surface area contributed by atoms with E-state index in [4.69, 9.17) is 5.26 Å². The van der Waals surface area contributed by atoms with Crippen molar-refractivity contribution < 1.29 is 0 Å². The van der Waals surface area contributed by atoms with E-state index in [0.29, 0.717) is 0 Å². The third kappa shape index (κ3) is 3.00. The molecule has 1 aliphatic rings. The van der Waals surface area contributed by atoms with Crippen LogP contribution in [0, 0.1) is 29.1 Å². The molecular formula is C11H20N2. The van der Waals surface area contributed by atoms with Gasteiger partial charge in [0.25, 0.3) is 0 Å². The molecule has 2 heteroatoms. The van der Waals surface area contributed by atoms with Gasteiger partial charge in [0.1, 0.15) is 0 Å². The van der Waals surface area contributed by atoms with Crippen molar-refractivity contribution in [2.24, 2.45) is 17.8 Å². The van der Waals surface area contributed by atoms with Crippen molar-refractivity contribution in [2.75, 3.05) is 13.1 Å². The lowest BCUT2D eigenvalue weighted by molar-refractivity contribution is 0.182. The number of rotatable bonds is 3. The zero-order valence-electron chi connectivity index (χ0n) is 8.71. The molecule has 0 amide bonds. The van der Waals surface area contributed by atoms with Crippen LogP contribution in [0.15, 0.2) is 0 Å². The van der Waals surface area contributed by atoms with Crippen LogP contribution in [-0.2, 0) is 0 Å². The van der Waals surface area contributed by atoms with Crippen molar-refractivity contribution in [3.8, 4) is 6.07 Å². The molecule has 2 atom stereocenters. The lowest BCUT2D eigenvalue weighted by Crippen LogP contribution is -2.41. The summed E-state index contributed by atoms with van der Waals surface area (Å²) in [6.45, 7) is 6.95. The van der Waals surface area contributed by atoms with Crippen molar-refractivity contribution in [3.05, 3.63) is 0 Å². The minimum absolute atomic E-state index is 0.726. The minimum atomic E-state index is 0.726. The molecule has 0 spiro atoms. The van der Waals surface area contributed by atoms with E-state index >= 15 is 0 Å². The Morgan fingerprint density at radius 3 is 2.46 bits per heavy atom. The zero-order valence-corrected chi connectivity index (χ0v) is 8.71. The maximum atomic E-state index is 8.47. The largest absolute Gasteiger partial charge is 0.316 e. The fraction of sp³-hybridized carbons (Fsp3) is 0.909. The summed E-state index contributed by atoms with van der Waals surface area (Å²) < 4.78 is 0. The van der Waals surface area contributed by atoms with E-state index in [1.54, 1.807) is 0 Å². The lowest BCUT2D eigenvalue weighted by atomic mass is 9.77. The summed E-state index contributed by atoms with van der Waals surface area (Å²) in [6.07, 6.45) is 3.04. The van der Waals surface area contributed by atoms with Gasteiger partial charge >= 0.3 is 0 Å². The molecule has 0 bridgehead atoms. The molecule has 0 aliphatic carbocycles. The van der Waals surface area contributed by atoms with Gasteiger partial charge < -0.3 is 5.32 Å². The topological polar surface area (TPSA) is 35.8 Å². The average Bonchev–Trinajstić information content (AvgIpc) is 2.10. The monoisotopic (exact) mass is 180 g/mol. The highest BCUT2D eigenvalue weighted by Crippen LogP contribution is 2.28. The molecule has 1 fully saturated rings. The predicted octanol–water partition coefficient (Wildman–Crippen LogP) is 2.17. The first kappa shape index (κ1) is 10.5. The minimum Gasteiger partial charge on any atom is -0.316 e. The van der Waals surface area contributed by atoms with Crippen molar-refractivity contribution in [1.29, 1.82) is 5.26 Å². The summed E-state index contributed by atoms with van der Waals surface area (Å²) in [4.78, 5) is 0. The van der Waals surface area contributed by atoms with E-state index in [0.717, 1.165) is 43.7 Å². The molecule has 13 heavy (non-hydrogen) atoms. The van der Waals surface area contributed by atoms with Crippen LogP contribution in [0.2, 0.25) is 0 Å². The highest BCUT2D eigenvalue weighted by molar-refractivity contribution is 4.81. The van der Waals surface area contributed by atoms with Gasteiger partial charge in [-0.2, -0.15) is 5.26 Å². The molecule has 0 radical (unpaired) electrons. The Balaban J connectivity index is 2.31. The normalized spacial score (nSPS) is 34.1. The molecule has 1 heterocycles. The second kappa shape index (κ2) is 5.24. The van der Waals surface area contributed by atoms with Crippen LogP contribution >= 0.6 is 0 Å². The molecule has 0 saturated carbocycles. The molecule has 2 unspecified atom stereocenters. The molecule has 1 aliphatic heterocycles. The van der Waals surface area contributed by atoms with Gasteiger partial charge in [-0.15, -0.1) is 0 Å². The smallest absolute Gasteiger partial charge is 0.0621 e. The number of hydrogen-bond donors (Lipinski definition) is 1. The average molecular weight is 180 g/mol. The van der Waals surface area contributed by atoms with Gasteiger partial charge in [-0.1, -0.05) is 13.8 Å². The number of nitrogens with one attached hydrogen (secondary N) is 1. The van der Waals surface area contributed by atoms with Crippen LogP contribution in [0.4, 0.5) is 0 Å². The number of nitriles is 1. The predicted molar refractivity (Wildman–Crippen MR) is 54.2 cm³/mol. The second-order valence-corrected chi connectivity index (χ2v) is 4.33. The number of nitrogens with zero attached hydrogens (tertiary/aromatic N) is 1. The Morgan fingerprint density at radius 1 is 1.31 bits per heavy atom. The first-order valence-corrected chi connectivity index (χ1v) is 5.33. The van der Waals surface area contributed by atoms with Crippen LogP contribution in [-0.4, -0.2) is 13.1 Å². The van der Waals surface area contributed by atoms with Gasteiger partial charge in [0.15, 0.2) is 0 Å². The van der Waals surface area contributed by atoms with E-state index in [-0.39, 0.29) is 0 Å². The fourth-order valence-corrected chi connectivity index (χ4v) is 2.39. The van der Waals surface area contributed by atoms with Crippen LogP contribution in [0.5, 0.6) is 0 Å². The van der Waals surface area contributed by atoms with Gasteiger partial charge in [0.2, 0.25) is 0 Å². The molecule has 1 saturated heterocycles. The first-order chi connectivity index (χ1) is 6.25. The Morgan fingerprint density at radius 2 is 1.92 bits per heavy atom. The van der Waals surface area contributed by atoms with Gasteiger partial charge in [0.05, 0.1) is 6.07 Å². The van der Waals surface area contributed by atoms with Crippen molar-refractivity contribution in [1.82, 2.24) is 5.32 Å². The zero-order chi connectivity index (χ0) is 9.68. The van der Waals surface area contributed by atoms with Crippen molar-refractivity contribution in [2.45, 2.75) is 33.1 Å². The van der Waals surface area contributed by atoms with E-state index in [1.807, 2.05) is 0 Å². The summed E-state index contributed by atoms with van der Waals surface area (Å²) in [7, 11) is 0. The fourth-order valence-electron chi connectivity index (χ4n) is 2.39. The van der Waals surface area contributed by atoms with Gasteiger partial charge in [-0.3, -0.25) is 0 Å². The van der Waals surface area contributed by atoms with Crippen LogP contribution in [0.1, 0.15) is 33.1 Å². The highest BCUT2D eigenvalue weighted by atomic mass is 14.9. The summed E-state index contributed by atoms with van der Waals surface area (Å²) >= 11 is 0. The Kier molecular flexibility index (Phi) is 4.24. The van der Waals surface area contributed by atoms with E-state index in [1.165, 1.54) is 6.42 Å².